The number of aryl methyl sites for hydroxylation is 1. The summed E-state index contributed by atoms with van der Waals surface area (Å²) in [5, 5.41) is 10.9. The van der Waals surface area contributed by atoms with Gasteiger partial charge in [-0.25, -0.2) is 0 Å². The maximum absolute atomic E-state index is 9.42. The lowest BCUT2D eigenvalue weighted by Crippen LogP contribution is -2.27. The van der Waals surface area contributed by atoms with Crippen molar-refractivity contribution in [3.63, 3.8) is 0 Å². The first-order valence-corrected chi connectivity index (χ1v) is 14.4. The van der Waals surface area contributed by atoms with Crippen molar-refractivity contribution in [3.05, 3.63) is 56.3 Å². The van der Waals surface area contributed by atoms with Crippen LogP contribution in [-0.4, -0.2) is 13.2 Å². The number of hydrogen-bond donors (Lipinski definition) is 1. The molecule has 1 atom stereocenters. The Kier molecular flexibility index (Phi) is 5.59. The highest BCUT2D eigenvalue weighted by Gasteiger charge is 2.32. The van der Waals surface area contributed by atoms with E-state index in [0.717, 1.165) is 4.88 Å². The predicted octanol–water partition coefficient (Wildman–Crippen LogP) is 7.14. The monoisotopic (exact) mass is 398 g/mol. The van der Waals surface area contributed by atoms with Crippen LogP contribution in [0.2, 0.25) is 19.6 Å². The SMILES string of the molecule is Cc1cc2c(cc1/C(=C/c1ccc(CO)s1)[Si](C)(C)C)C(C)CCC2(C)C. The summed E-state index contributed by atoms with van der Waals surface area (Å²) in [5.74, 6) is 0.637. The molecule has 1 aliphatic rings. The zero-order chi connectivity index (χ0) is 20.0. The lowest BCUT2D eigenvalue weighted by molar-refractivity contribution is 0.285. The van der Waals surface area contributed by atoms with Gasteiger partial charge in [0.05, 0.1) is 14.7 Å². The molecule has 3 heteroatoms. The van der Waals surface area contributed by atoms with Crippen molar-refractivity contribution in [1.82, 2.24) is 0 Å². The fraction of sp³-hybridized carbons (Fsp3) is 0.500. The highest BCUT2D eigenvalue weighted by molar-refractivity contribution is 7.13. The number of aliphatic hydroxyl groups is 1. The average Bonchev–Trinajstić information content (AvgIpc) is 3.03. The maximum Gasteiger partial charge on any atom is 0.0784 e. The third kappa shape index (κ3) is 4.15. The molecule has 0 bridgehead atoms. The summed E-state index contributed by atoms with van der Waals surface area (Å²) in [6.45, 7) is 16.9. The minimum Gasteiger partial charge on any atom is -0.391 e. The standard InChI is InChI=1S/C24H34OSSi/c1-16-10-11-24(3,4)22-12-17(2)21(14-20(16)22)23(27(5,6)7)13-18-8-9-19(15-25)26-18/h8-9,12-14,16,25H,10-11,15H2,1-7H3/b23-13-. The molecule has 1 heterocycles. The molecule has 0 spiro atoms. The Balaban J connectivity index is 2.17. The van der Waals surface area contributed by atoms with Crippen LogP contribution in [0, 0.1) is 6.92 Å². The molecule has 0 amide bonds. The van der Waals surface area contributed by atoms with E-state index in [9.17, 15) is 5.11 Å². The summed E-state index contributed by atoms with van der Waals surface area (Å²) in [7, 11) is -1.54. The van der Waals surface area contributed by atoms with Crippen molar-refractivity contribution in [1.29, 1.82) is 0 Å². The Morgan fingerprint density at radius 1 is 1.26 bits per heavy atom. The molecule has 0 fully saturated rings. The predicted molar refractivity (Wildman–Crippen MR) is 123 cm³/mol. The summed E-state index contributed by atoms with van der Waals surface area (Å²) < 4.78 is 0. The van der Waals surface area contributed by atoms with E-state index < -0.39 is 8.07 Å². The van der Waals surface area contributed by atoms with Gasteiger partial charge in [-0.3, -0.25) is 0 Å². The molecular weight excluding hydrogens is 364 g/mol. The van der Waals surface area contributed by atoms with Crippen LogP contribution in [-0.2, 0) is 12.0 Å². The van der Waals surface area contributed by atoms with Gasteiger partial charge in [-0.15, -0.1) is 11.3 Å². The summed E-state index contributed by atoms with van der Waals surface area (Å²) in [6, 6.07) is 9.18. The van der Waals surface area contributed by atoms with Crippen LogP contribution < -0.4 is 0 Å². The Morgan fingerprint density at radius 3 is 2.56 bits per heavy atom. The molecule has 0 saturated carbocycles. The highest BCUT2D eigenvalue weighted by Crippen LogP contribution is 2.45. The zero-order valence-electron chi connectivity index (χ0n) is 17.9. The molecule has 146 valence electrons. The largest absolute Gasteiger partial charge is 0.391 e. The number of benzene rings is 1. The van der Waals surface area contributed by atoms with E-state index >= 15 is 0 Å². The van der Waals surface area contributed by atoms with Gasteiger partial charge in [0.2, 0.25) is 0 Å². The van der Waals surface area contributed by atoms with E-state index in [1.807, 2.05) is 6.07 Å². The van der Waals surface area contributed by atoms with Gasteiger partial charge in [-0.1, -0.05) is 57.7 Å². The number of aliphatic hydroxyl groups excluding tert-OH is 1. The second-order valence-electron chi connectivity index (χ2n) is 9.85. The van der Waals surface area contributed by atoms with Crippen molar-refractivity contribution in [3.8, 4) is 0 Å². The summed E-state index contributed by atoms with van der Waals surface area (Å²) in [5.41, 5.74) is 6.23. The second kappa shape index (κ2) is 7.34. The molecule has 2 aromatic rings. The number of thiophene rings is 1. The second-order valence-corrected chi connectivity index (χ2v) is 16.1. The fourth-order valence-electron chi connectivity index (χ4n) is 4.27. The Hall–Kier alpha value is -1.16. The smallest absolute Gasteiger partial charge is 0.0784 e. The van der Waals surface area contributed by atoms with Crippen LogP contribution in [0.15, 0.2) is 24.3 Å². The molecule has 0 aliphatic heterocycles. The van der Waals surface area contributed by atoms with E-state index in [1.165, 1.54) is 34.0 Å². The first-order chi connectivity index (χ1) is 12.5. The van der Waals surface area contributed by atoms with E-state index in [-0.39, 0.29) is 12.0 Å². The molecule has 1 N–H and O–H groups in total. The van der Waals surface area contributed by atoms with E-state index in [4.69, 9.17) is 0 Å². The highest BCUT2D eigenvalue weighted by atomic mass is 32.1. The zero-order valence-corrected chi connectivity index (χ0v) is 19.8. The van der Waals surface area contributed by atoms with Crippen LogP contribution in [0.5, 0.6) is 0 Å². The molecule has 1 unspecified atom stereocenters. The number of rotatable bonds is 4. The Bertz CT molecular complexity index is 867. The van der Waals surface area contributed by atoms with Crippen LogP contribution in [0.1, 0.15) is 71.5 Å². The molecular formula is C24H34OSSi. The van der Waals surface area contributed by atoms with Gasteiger partial charge >= 0.3 is 0 Å². The molecule has 27 heavy (non-hydrogen) atoms. The van der Waals surface area contributed by atoms with Crippen LogP contribution in [0.3, 0.4) is 0 Å². The minimum atomic E-state index is -1.54. The third-order valence-electron chi connectivity index (χ3n) is 6.08. The molecule has 3 rings (SSSR count). The van der Waals surface area contributed by atoms with Gasteiger partial charge in [-0.05, 0) is 71.6 Å². The molecule has 0 radical (unpaired) electrons. The topological polar surface area (TPSA) is 20.2 Å². The third-order valence-corrected chi connectivity index (χ3v) is 9.13. The van der Waals surface area contributed by atoms with Gasteiger partial charge in [0.1, 0.15) is 0 Å². The van der Waals surface area contributed by atoms with Gasteiger partial charge in [0.15, 0.2) is 0 Å². The maximum atomic E-state index is 9.42. The minimum absolute atomic E-state index is 0.130. The first kappa shape index (κ1) is 20.6. The van der Waals surface area contributed by atoms with Crippen molar-refractivity contribution in [2.45, 2.75) is 78.1 Å². The Labute approximate surface area is 170 Å². The van der Waals surface area contributed by atoms with Gasteiger partial charge < -0.3 is 5.11 Å². The van der Waals surface area contributed by atoms with Crippen LogP contribution >= 0.6 is 11.3 Å². The normalized spacial score (nSPS) is 19.9. The van der Waals surface area contributed by atoms with Crippen molar-refractivity contribution in [2.75, 3.05) is 0 Å². The van der Waals surface area contributed by atoms with Crippen molar-refractivity contribution in [2.24, 2.45) is 0 Å². The van der Waals surface area contributed by atoms with Crippen LogP contribution in [0.4, 0.5) is 0 Å². The lowest BCUT2D eigenvalue weighted by atomic mass is 9.68. The number of fused-ring (bicyclic) bond motifs is 1. The fourth-order valence-corrected chi connectivity index (χ4v) is 6.86. The Morgan fingerprint density at radius 2 is 1.96 bits per heavy atom. The van der Waals surface area contributed by atoms with Crippen molar-refractivity contribution < 1.29 is 5.11 Å². The molecule has 1 aromatic heterocycles. The van der Waals surface area contributed by atoms with E-state index in [1.54, 1.807) is 22.5 Å². The van der Waals surface area contributed by atoms with Gasteiger partial charge in [-0.2, -0.15) is 0 Å². The van der Waals surface area contributed by atoms with Crippen LogP contribution in [0.25, 0.3) is 11.3 Å². The van der Waals surface area contributed by atoms with E-state index in [2.05, 4.69) is 71.6 Å². The van der Waals surface area contributed by atoms with Crippen molar-refractivity contribution >= 4 is 30.7 Å². The quantitative estimate of drug-likeness (QED) is 0.542. The molecule has 1 aliphatic carbocycles. The summed E-state index contributed by atoms with van der Waals surface area (Å²) in [4.78, 5) is 2.29. The summed E-state index contributed by atoms with van der Waals surface area (Å²) >= 11 is 1.70. The van der Waals surface area contributed by atoms with Gasteiger partial charge in [0.25, 0.3) is 0 Å². The summed E-state index contributed by atoms with van der Waals surface area (Å²) in [6.07, 6.45) is 4.94. The first-order valence-electron chi connectivity index (χ1n) is 10.1. The molecule has 1 aromatic carbocycles. The number of hydrogen-bond acceptors (Lipinski definition) is 2. The average molecular weight is 399 g/mol. The molecule has 1 nitrogen and oxygen atoms in total. The van der Waals surface area contributed by atoms with Gasteiger partial charge in [0, 0.05) is 9.75 Å². The lowest BCUT2D eigenvalue weighted by Gasteiger charge is -2.37. The van der Waals surface area contributed by atoms with E-state index in [0.29, 0.717) is 5.92 Å². The molecule has 0 saturated heterocycles.